The number of methoxy groups -OCH3 is 2. The highest BCUT2D eigenvalue weighted by Gasteiger charge is 2.07. The van der Waals surface area contributed by atoms with Crippen molar-refractivity contribution in [2.45, 2.75) is 6.54 Å². The van der Waals surface area contributed by atoms with Gasteiger partial charge in [0.2, 0.25) is 5.95 Å². The molecule has 8 nitrogen and oxygen atoms in total. The Balaban J connectivity index is 1.71. The van der Waals surface area contributed by atoms with Crippen LogP contribution in [-0.4, -0.2) is 34.4 Å². The van der Waals surface area contributed by atoms with Crippen LogP contribution in [0, 0.1) is 0 Å². The van der Waals surface area contributed by atoms with Crippen molar-refractivity contribution in [3.05, 3.63) is 54.5 Å². The molecule has 0 atom stereocenters. The second-order valence-electron chi connectivity index (χ2n) is 5.07. The van der Waals surface area contributed by atoms with Crippen molar-refractivity contribution in [1.29, 1.82) is 0 Å². The van der Waals surface area contributed by atoms with Gasteiger partial charge in [-0.3, -0.25) is 4.98 Å². The number of ether oxygens (including phenoxy) is 2. The molecule has 0 fully saturated rings. The zero-order valence-electron chi connectivity index (χ0n) is 13.9. The summed E-state index contributed by atoms with van der Waals surface area (Å²) in [6, 6.07) is 9.32. The molecule has 0 aliphatic carbocycles. The number of nitrogens with zero attached hydrogens (tertiary/aromatic N) is 4. The van der Waals surface area contributed by atoms with Crippen LogP contribution in [-0.2, 0) is 6.54 Å². The molecular weight excluding hydrogens is 320 g/mol. The van der Waals surface area contributed by atoms with Crippen molar-refractivity contribution in [2.75, 3.05) is 24.9 Å². The SMILES string of the molecule is COc1ccc(Nc2cnnc(NCc3cccnc3)n2)c(OC)c1. The van der Waals surface area contributed by atoms with Crippen LogP contribution in [0.5, 0.6) is 11.5 Å². The maximum absolute atomic E-state index is 5.37. The van der Waals surface area contributed by atoms with E-state index < -0.39 is 0 Å². The summed E-state index contributed by atoms with van der Waals surface area (Å²) >= 11 is 0. The quantitative estimate of drug-likeness (QED) is 0.679. The molecule has 2 aromatic heterocycles. The van der Waals surface area contributed by atoms with Crippen LogP contribution < -0.4 is 20.1 Å². The Morgan fingerprint density at radius 1 is 1.08 bits per heavy atom. The zero-order valence-corrected chi connectivity index (χ0v) is 13.9. The van der Waals surface area contributed by atoms with Crippen LogP contribution in [0.3, 0.4) is 0 Å². The van der Waals surface area contributed by atoms with E-state index in [1.54, 1.807) is 38.9 Å². The predicted molar refractivity (Wildman–Crippen MR) is 94.2 cm³/mol. The molecule has 0 radical (unpaired) electrons. The van der Waals surface area contributed by atoms with Gasteiger partial charge in [0.05, 0.1) is 26.1 Å². The van der Waals surface area contributed by atoms with Crippen LogP contribution in [0.2, 0.25) is 0 Å². The highest BCUT2D eigenvalue weighted by molar-refractivity contribution is 5.65. The van der Waals surface area contributed by atoms with Crippen LogP contribution in [0.4, 0.5) is 17.5 Å². The molecule has 25 heavy (non-hydrogen) atoms. The van der Waals surface area contributed by atoms with E-state index in [4.69, 9.17) is 9.47 Å². The molecular formula is C17H18N6O2. The van der Waals surface area contributed by atoms with E-state index in [0.29, 0.717) is 29.8 Å². The van der Waals surface area contributed by atoms with Crippen molar-refractivity contribution in [3.8, 4) is 11.5 Å². The van der Waals surface area contributed by atoms with Gasteiger partial charge in [0.25, 0.3) is 0 Å². The first-order chi connectivity index (χ1) is 12.3. The summed E-state index contributed by atoms with van der Waals surface area (Å²) in [6.45, 7) is 0.560. The molecule has 0 amide bonds. The second-order valence-corrected chi connectivity index (χ2v) is 5.07. The Bertz CT molecular complexity index is 828. The van der Waals surface area contributed by atoms with Crippen molar-refractivity contribution < 1.29 is 9.47 Å². The fourth-order valence-electron chi connectivity index (χ4n) is 2.16. The van der Waals surface area contributed by atoms with Gasteiger partial charge in [0.15, 0.2) is 5.82 Å². The summed E-state index contributed by atoms with van der Waals surface area (Å²) < 4.78 is 10.6. The Hall–Kier alpha value is -3.42. The second kappa shape index (κ2) is 7.91. The zero-order chi connectivity index (χ0) is 17.5. The van der Waals surface area contributed by atoms with Crippen molar-refractivity contribution in [2.24, 2.45) is 0 Å². The lowest BCUT2D eigenvalue weighted by atomic mass is 10.2. The fourth-order valence-corrected chi connectivity index (χ4v) is 2.16. The van der Waals surface area contributed by atoms with Gasteiger partial charge >= 0.3 is 0 Å². The minimum absolute atomic E-state index is 0.418. The Labute approximate surface area is 145 Å². The van der Waals surface area contributed by atoms with Gasteiger partial charge < -0.3 is 20.1 Å². The Kier molecular flexibility index (Phi) is 5.20. The third-order valence-electron chi connectivity index (χ3n) is 3.40. The number of hydrogen-bond donors (Lipinski definition) is 2. The summed E-state index contributed by atoms with van der Waals surface area (Å²) in [5, 5.41) is 14.2. The molecule has 0 bridgehead atoms. The first-order valence-electron chi connectivity index (χ1n) is 7.60. The number of anilines is 3. The maximum atomic E-state index is 5.37. The van der Waals surface area contributed by atoms with E-state index in [1.807, 2.05) is 24.3 Å². The first-order valence-corrected chi connectivity index (χ1v) is 7.60. The number of rotatable bonds is 7. The van der Waals surface area contributed by atoms with Gasteiger partial charge in [-0.05, 0) is 23.8 Å². The lowest BCUT2D eigenvalue weighted by molar-refractivity contribution is 0.395. The molecule has 3 aromatic rings. The fraction of sp³-hybridized carbons (Fsp3) is 0.176. The smallest absolute Gasteiger partial charge is 0.244 e. The van der Waals surface area contributed by atoms with Crippen LogP contribution in [0.25, 0.3) is 0 Å². The normalized spacial score (nSPS) is 10.2. The molecule has 2 N–H and O–H groups in total. The van der Waals surface area contributed by atoms with E-state index in [2.05, 4.69) is 30.8 Å². The molecule has 0 saturated heterocycles. The third-order valence-corrected chi connectivity index (χ3v) is 3.40. The summed E-state index contributed by atoms with van der Waals surface area (Å²) in [5.74, 6) is 2.32. The predicted octanol–water partition coefficient (Wildman–Crippen LogP) is 2.64. The molecule has 0 aliphatic rings. The van der Waals surface area contributed by atoms with Crippen LogP contribution in [0.15, 0.2) is 48.9 Å². The Morgan fingerprint density at radius 2 is 2.00 bits per heavy atom. The van der Waals surface area contributed by atoms with E-state index in [1.165, 1.54) is 0 Å². The third kappa shape index (κ3) is 4.31. The molecule has 2 heterocycles. The van der Waals surface area contributed by atoms with Gasteiger partial charge in [-0.25, -0.2) is 0 Å². The Morgan fingerprint density at radius 3 is 2.76 bits per heavy atom. The number of nitrogens with one attached hydrogen (secondary N) is 2. The minimum Gasteiger partial charge on any atom is -0.497 e. The molecule has 0 spiro atoms. The molecule has 128 valence electrons. The van der Waals surface area contributed by atoms with E-state index in [9.17, 15) is 0 Å². The molecule has 0 aliphatic heterocycles. The van der Waals surface area contributed by atoms with Gasteiger partial charge in [-0.2, -0.15) is 10.1 Å². The molecule has 8 heteroatoms. The highest BCUT2D eigenvalue weighted by atomic mass is 16.5. The van der Waals surface area contributed by atoms with Gasteiger partial charge in [0.1, 0.15) is 11.5 Å². The molecule has 1 aromatic carbocycles. The van der Waals surface area contributed by atoms with E-state index in [0.717, 1.165) is 11.3 Å². The number of hydrogen-bond acceptors (Lipinski definition) is 8. The number of benzene rings is 1. The standard InChI is InChI=1S/C17H18N6O2/c1-24-13-5-6-14(15(8-13)25-2)21-16-11-20-23-17(22-16)19-10-12-4-3-7-18-9-12/h3-9,11H,10H2,1-2H3,(H2,19,21,22,23). The number of aromatic nitrogens is 4. The summed E-state index contributed by atoms with van der Waals surface area (Å²) in [6.07, 6.45) is 5.05. The van der Waals surface area contributed by atoms with Gasteiger partial charge in [-0.15, -0.1) is 5.10 Å². The molecule has 0 unspecified atom stereocenters. The topological polar surface area (TPSA) is 94.1 Å². The minimum atomic E-state index is 0.418. The van der Waals surface area contributed by atoms with Crippen molar-refractivity contribution >= 4 is 17.5 Å². The lowest BCUT2D eigenvalue weighted by Crippen LogP contribution is -2.06. The number of pyridine rings is 1. The van der Waals surface area contributed by atoms with Gasteiger partial charge in [0, 0.05) is 25.0 Å². The molecule has 3 rings (SSSR count). The van der Waals surface area contributed by atoms with Crippen LogP contribution in [0.1, 0.15) is 5.56 Å². The largest absolute Gasteiger partial charge is 0.497 e. The monoisotopic (exact) mass is 338 g/mol. The highest BCUT2D eigenvalue weighted by Crippen LogP contribution is 2.30. The van der Waals surface area contributed by atoms with E-state index >= 15 is 0 Å². The van der Waals surface area contributed by atoms with Gasteiger partial charge in [-0.1, -0.05) is 6.07 Å². The van der Waals surface area contributed by atoms with Crippen molar-refractivity contribution in [3.63, 3.8) is 0 Å². The first kappa shape index (κ1) is 16.4. The van der Waals surface area contributed by atoms with Crippen LogP contribution >= 0.6 is 0 Å². The average Bonchev–Trinajstić information content (AvgIpc) is 2.68. The average molecular weight is 338 g/mol. The molecule has 0 saturated carbocycles. The van der Waals surface area contributed by atoms with Crippen molar-refractivity contribution in [1.82, 2.24) is 20.2 Å². The summed E-state index contributed by atoms with van der Waals surface area (Å²) in [7, 11) is 3.20. The lowest BCUT2D eigenvalue weighted by Gasteiger charge is -2.12. The summed E-state index contributed by atoms with van der Waals surface area (Å²) in [4.78, 5) is 8.47. The van der Waals surface area contributed by atoms with E-state index in [-0.39, 0.29) is 0 Å². The summed E-state index contributed by atoms with van der Waals surface area (Å²) in [5.41, 5.74) is 1.78. The maximum Gasteiger partial charge on any atom is 0.244 e.